The standard InChI is InChI=1S/C20H23N3O4/c1-12-10-15(19(24)22-16-4-3-7-21-20(16)25)13(2)23(12)14-5-6-17-18(11-14)27-9-8-26-17/h5-6,10-11,16H,3-4,7-9H2,1-2H3,(H,21,25)(H,22,24)/t16-/m1/s1. The van der Waals surface area contributed by atoms with Crippen molar-refractivity contribution in [1.29, 1.82) is 0 Å². The molecule has 0 bridgehead atoms. The maximum atomic E-state index is 12.8. The number of carbonyl (C=O) groups excluding carboxylic acids is 2. The van der Waals surface area contributed by atoms with Crippen molar-refractivity contribution in [3.8, 4) is 17.2 Å². The Morgan fingerprint density at radius 2 is 1.96 bits per heavy atom. The van der Waals surface area contributed by atoms with Gasteiger partial charge in [-0.25, -0.2) is 0 Å². The number of amides is 2. The second-order valence-corrected chi connectivity index (χ2v) is 6.91. The summed E-state index contributed by atoms with van der Waals surface area (Å²) < 4.78 is 13.3. The van der Waals surface area contributed by atoms with Gasteiger partial charge in [0.25, 0.3) is 5.91 Å². The second kappa shape index (κ2) is 6.98. The van der Waals surface area contributed by atoms with Crippen molar-refractivity contribution in [1.82, 2.24) is 15.2 Å². The maximum Gasteiger partial charge on any atom is 0.253 e. The van der Waals surface area contributed by atoms with Crippen LogP contribution in [0, 0.1) is 13.8 Å². The summed E-state index contributed by atoms with van der Waals surface area (Å²) >= 11 is 0. The SMILES string of the molecule is Cc1cc(C(=O)N[C@@H]2CCCNC2=O)c(C)n1-c1ccc2c(c1)OCCO2. The van der Waals surface area contributed by atoms with Crippen LogP contribution >= 0.6 is 0 Å². The first kappa shape index (κ1) is 17.5. The van der Waals surface area contributed by atoms with Crippen molar-refractivity contribution in [2.45, 2.75) is 32.7 Å². The summed E-state index contributed by atoms with van der Waals surface area (Å²) in [4.78, 5) is 24.7. The summed E-state index contributed by atoms with van der Waals surface area (Å²) in [6, 6.07) is 7.13. The van der Waals surface area contributed by atoms with E-state index < -0.39 is 6.04 Å². The van der Waals surface area contributed by atoms with Gasteiger partial charge in [0.05, 0.1) is 5.56 Å². The molecule has 2 aliphatic rings. The average Bonchev–Trinajstić information content (AvgIpc) is 2.97. The maximum absolute atomic E-state index is 12.8. The fourth-order valence-electron chi connectivity index (χ4n) is 3.71. The van der Waals surface area contributed by atoms with Crippen LogP contribution in [-0.4, -0.2) is 42.2 Å². The number of hydrogen-bond acceptors (Lipinski definition) is 4. The molecule has 0 spiro atoms. The van der Waals surface area contributed by atoms with Crippen LogP contribution in [0.15, 0.2) is 24.3 Å². The van der Waals surface area contributed by atoms with E-state index in [4.69, 9.17) is 9.47 Å². The largest absolute Gasteiger partial charge is 0.486 e. The molecule has 142 valence electrons. The lowest BCUT2D eigenvalue weighted by Gasteiger charge is -2.22. The molecule has 2 N–H and O–H groups in total. The normalized spacial score (nSPS) is 18.7. The molecule has 7 nitrogen and oxygen atoms in total. The number of aromatic nitrogens is 1. The molecule has 2 aromatic rings. The molecule has 0 radical (unpaired) electrons. The van der Waals surface area contributed by atoms with Crippen molar-refractivity contribution >= 4 is 11.8 Å². The van der Waals surface area contributed by atoms with E-state index in [0.717, 1.165) is 29.2 Å². The molecule has 2 aliphatic heterocycles. The number of benzene rings is 1. The predicted molar refractivity (Wildman–Crippen MR) is 99.7 cm³/mol. The predicted octanol–water partition coefficient (Wildman–Crippen LogP) is 1.87. The zero-order valence-corrected chi connectivity index (χ0v) is 15.5. The van der Waals surface area contributed by atoms with Gasteiger partial charge in [-0.15, -0.1) is 0 Å². The third-order valence-corrected chi connectivity index (χ3v) is 5.05. The van der Waals surface area contributed by atoms with Gasteiger partial charge in [0.15, 0.2) is 11.5 Å². The lowest BCUT2D eigenvalue weighted by Crippen LogP contribution is -2.50. The average molecular weight is 369 g/mol. The molecule has 7 heteroatoms. The molecule has 0 unspecified atom stereocenters. The van der Waals surface area contributed by atoms with Crippen molar-refractivity contribution in [2.75, 3.05) is 19.8 Å². The molecule has 1 aromatic heterocycles. The molecule has 3 heterocycles. The smallest absolute Gasteiger partial charge is 0.253 e. The highest BCUT2D eigenvalue weighted by Crippen LogP contribution is 2.33. The van der Waals surface area contributed by atoms with E-state index in [0.29, 0.717) is 37.5 Å². The van der Waals surface area contributed by atoms with E-state index in [-0.39, 0.29) is 11.8 Å². The summed E-state index contributed by atoms with van der Waals surface area (Å²) in [7, 11) is 0. The molecule has 4 rings (SSSR count). The van der Waals surface area contributed by atoms with Crippen LogP contribution in [0.1, 0.15) is 34.6 Å². The fraction of sp³-hybridized carbons (Fsp3) is 0.400. The summed E-state index contributed by atoms with van der Waals surface area (Å²) in [5.74, 6) is 1.09. The number of carbonyl (C=O) groups is 2. The third kappa shape index (κ3) is 3.25. The number of aryl methyl sites for hydroxylation is 1. The molecule has 0 aliphatic carbocycles. The van der Waals surface area contributed by atoms with E-state index in [1.807, 2.05) is 42.7 Å². The zero-order chi connectivity index (χ0) is 19.0. The number of rotatable bonds is 3. The third-order valence-electron chi connectivity index (χ3n) is 5.05. The number of nitrogens with one attached hydrogen (secondary N) is 2. The molecule has 27 heavy (non-hydrogen) atoms. The van der Waals surface area contributed by atoms with Crippen LogP contribution in [-0.2, 0) is 4.79 Å². The van der Waals surface area contributed by atoms with E-state index in [1.54, 1.807) is 0 Å². The van der Waals surface area contributed by atoms with Gasteiger partial charge in [0.1, 0.15) is 19.3 Å². The second-order valence-electron chi connectivity index (χ2n) is 6.91. The number of piperidine rings is 1. The Labute approximate surface area is 157 Å². The molecule has 2 amide bonds. The minimum atomic E-state index is -0.469. The first-order valence-corrected chi connectivity index (χ1v) is 9.22. The molecule has 1 saturated heterocycles. The van der Waals surface area contributed by atoms with Crippen molar-refractivity contribution in [3.63, 3.8) is 0 Å². The lowest BCUT2D eigenvalue weighted by atomic mass is 10.1. The Hall–Kier alpha value is -2.96. The van der Waals surface area contributed by atoms with E-state index >= 15 is 0 Å². The number of nitrogens with zero attached hydrogens (tertiary/aromatic N) is 1. The van der Waals surface area contributed by atoms with Crippen LogP contribution in [0.25, 0.3) is 5.69 Å². The highest BCUT2D eigenvalue weighted by Gasteiger charge is 2.26. The Balaban J connectivity index is 1.62. The van der Waals surface area contributed by atoms with Gasteiger partial charge in [-0.05, 0) is 44.9 Å². The molecule has 1 aromatic carbocycles. The minimum Gasteiger partial charge on any atom is -0.486 e. The number of ether oxygens (including phenoxy) is 2. The van der Waals surface area contributed by atoms with E-state index in [2.05, 4.69) is 10.6 Å². The van der Waals surface area contributed by atoms with Gasteiger partial charge in [-0.1, -0.05) is 0 Å². The molecular formula is C20H23N3O4. The summed E-state index contributed by atoms with van der Waals surface area (Å²) in [5, 5.41) is 5.65. The highest BCUT2D eigenvalue weighted by atomic mass is 16.6. The van der Waals surface area contributed by atoms with Gasteiger partial charge in [-0.2, -0.15) is 0 Å². The molecule has 1 fully saturated rings. The van der Waals surface area contributed by atoms with Crippen molar-refractivity contribution in [2.24, 2.45) is 0 Å². The van der Waals surface area contributed by atoms with Gasteiger partial charge in [0, 0.05) is 29.7 Å². The van der Waals surface area contributed by atoms with Gasteiger partial charge < -0.3 is 24.7 Å². The molecule has 1 atom stereocenters. The van der Waals surface area contributed by atoms with Crippen LogP contribution in [0.3, 0.4) is 0 Å². The quantitative estimate of drug-likeness (QED) is 0.866. The van der Waals surface area contributed by atoms with E-state index in [9.17, 15) is 9.59 Å². The Kier molecular flexibility index (Phi) is 4.51. The first-order valence-electron chi connectivity index (χ1n) is 9.22. The van der Waals surface area contributed by atoms with Crippen molar-refractivity contribution in [3.05, 3.63) is 41.2 Å². The number of fused-ring (bicyclic) bond motifs is 1. The Morgan fingerprint density at radius 1 is 1.19 bits per heavy atom. The zero-order valence-electron chi connectivity index (χ0n) is 15.5. The van der Waals surface area contributed by atoms with Crippen LogP contribution in [0.4, 0.5) is 0 Å². The molecular weight excluding hydrogens is 346 g/mol. The minimum absolute atomic E-state index is 0.116. The first-order chi connectivity index (χ1) is 13.0. The van der Waals surface area contributed by atoms with Gasteiger partial charge in [-0.3, -0.25) is 9.59 Å². The topological polar surface area (TPSA) is 81.6 Å². The summed E-state index contributed by atoms with van der Waals surface area (Å²) in [6.07, 6.45) is 1.53. The van der Waals surface area contributed by atoms with Crippen molar-refractivity contribution < 1.29 is 19.1 Å². The van der Waals surface area contributed by atoms with Gasteiger partial charge in [0.2, 0.25) is 5.91 Å². The van der Waals surface area contributed by atoms with E-state index in [1.165, 1.54) is 0 Å². The Morgan fingerprint density at radius 3 is 2.74 bits per heavy atom. The number of hydrogen-bond donors (Lipinski definition) is 2. The summed E-state index contributed by atoms with van der Waals surface area (Å²) in [6.45, 7) is 5.60. The summed E-state index contributed by atoms with van der Waals surface area (Å²) in [5.41, 5.74) is 3.23. The fourth-order valence-corrected chi connectivity index (χ4v) is 3.71. The monoisotopic (exact) mass is 369 g/mol. The van der Waals surface area contributed by atoms with Crippen LogP contribution in [0.2, 0.25) is 0 Å². The molecule has 0 saturated carbocycles. The highest BCUT2D eigenvalue weighted by molar-refractivity contribution is 5.99. The van der Waals surface area contributed by atoms with Crippen LogP contribution < -0.4 is 20.1 Å². The Bertz CT molecular complexity index is 903. The van der Waals surface area contributed by atoms with Crippen LogP contribution in [0.5, 0.6) is 11.5 Å². The lowest BCUT2D eigenvalue weighted by molar-refractivity contribution is -0.124. The van der Waals surface area contributed by atoms with Gasteiger partial charge >= 0.3 is 0 Å².